The summed E-state index contributed by atoms with van der Waals surface area (Å²) < 4.78 is 18.9. The van der Waals surface area contributed by atoms with E-state index in [1.807, 2.05) is 0 Å². The minimum Gasteiger partial charge on any atom is -0.457 e. The molecule has 2 heterocycles. The number of halogens is 3. The second-order valence-corrected chi connectivity index (χ2v) is 7.71. The highest BCUT2D eigenvalue weighted by atomic mass is 35.5. The first-order valence-corrected chi connectivity index (χ1v) is 9.65. The number of hydrogen-bond acceptors (Lipinski definition) is 4. The van der Waals surface area contributed by atoms with Gasteiger partial charge in [0.1, 0.15) is 23.2 Å². The molecule has 1 aromatic heterocycles. The lowest BCUT2D eigenvalue weighted by molar-refractivity contribution is 0.265. The van der Waals surface area contributed by atoms with Gasteiger partial charge in [0.25, 0.3) is 5.24 Å². The van der Waals surface area contributed by atoms with Crippen LogP contribution in [-0.4, -0.2) is 11.1 Å². The molecule has 0 unspecified atom stereocenters. The third-order valence-electron chi connectivity index (χ3n) is 3.77. The monoisotopic (exact) mass is 432 g/mol. The van der Waals surface area contributed by atoms with Gasteiger partial charge in [0, 0.05) is 15.6 Å². The van der Waals surface area contributed by atoms with Gasteiger partial charge in [-0.25, -0.2) is 9.38 Å². The Balaban J connectivity index is 1.64. The predicted octanol–water partition coefficient (Wildman–Crippen LogP) is 6.92. The number of nitrogens with zero attached hydrogens (tertiary/aromatic N) is 1. The van der Waals surface area contributed by atoms with Crippen LogP contribution in [0.2, 0.25) is 10.0 Å². The van der Waals surface area contributed by atoms with Gasteiger partial charge in [-0.05, 0) is 72.4 Å². The third-order valence-corrected chi connectivity index (χ3v) is 5.03. The molecular formula is C20H11Cl2FN2O2S. The van der Waals surface area contributed by atoms with Crippen molar-refractivity contribution in [1.29, 1.82) is 0 Å². The van der Waals surface area contributed by atoms with Crippen molar-refractivity contribution in [3.8, 4) is 11.3 Å². The Hall–Kier alpha value is -2.54. The maximum Gasteiger partial charge on any atom is 0.289 e. The molecule has 4 nitrogen and oxygen atoms in total. The van der Waals surface area contributed by atoms with Crippen molar-refractivity contribution in [2.24, 2.45) is 4.99 Å². The molecule has 28 heavy (non-hydrogen) atoms. The lowest BCUT2D eigenvalue weighted by atomic mass is 10.2. The van der Waals surface area contributed by atoms with E-state index in [1.54, 1.807) is 36.4 Å². The maximum absolute atomic E-state index is 13.1. The molecule has 1 fully saturated rings. The van der Waals surface area contributed by atoms with Crippen LogP contribution >= 0.6 is 35.0 Å². The summed E-state index contributed by atoms with van der Waals surface area (Å²) in [5, 5.41) is 3.44. The minimum atomic E-state index is -0.353. The van der Waals surface area contributed by atoms with Crippen molar-refractivity contribution >= 4 is 57.8 Å². The second kappa shape index (κ2) is 7.83. The number of carbonyl (C=O) groups is 1. The fourth-order valence-corrected chi connectivity index (χ4v) is 3.81. The zero-order chi connectivity index (χ0) is 19.7. The first-order chi connectivity index (χ1) is 13.5. The molecule has 1 amide bonds. The van der Waals surface area contributed by atoms with Gasteiger partial charge in [-0.3, -0.25) is 4.79 Å². The number of rotatable bonds is 3. The standard InChI is InChI=1S/C20H11Cl2FN2O2S/c21-12-7-11(8-13(22)9-12)17-6-5-16(27-17)10-18-19(25-20(26)28-18)24-15-3-1-14(23)2-4-15/h1-10H,(H,24,25,26)/b18-10-. The van der Waals surface area contributed by atoms with Gasteiger partial charge in [-0.2, -0.15) is 0 Å². The van der Waals surface area contributed by atoms with Crippen LogP contribution in [0.5, 0.6) is 0 Å². The topological polar surface area (TPSA) is 54.6 Å². The molecule has 1 aliphatic rings. The van der Waals surface area contributed by atoms with E-state index < -0.39 is 0 Å². The van der Waals surface area contributed by atoms with Gasteiger partial charge >= 0.3 is 0 Å². The molecule has 2 aromatic carbocycles. The summed E-state index contributed by atoms with van der Waals surface area (Å²) in [7, 11) is 0. The van der Waals surface area contributed by atoms with Crippen LogP contribution in [0.4, 0.5) is 14.9 Å². The number of thioether (sulfide) groups is 1. The first-order valence-electron chi connectivity index (χ1n) is 8.08. The number of amides is 1. The van der Waals surface area contributed by atoms with Crippen LogP contribution in [0.3, 0.4) is 0 Å². The van der Waals surface area contributed by atoms with Crippen molar-refractivity contribution in [3.05, 3.63) is 81.1 Å². The van der Waals surface area contributed by atoms with Gasteiger partial charge in [-0.15, -0.1) is 0 Å². The molecule has 8 heteroatoms. The van der Waals surface area contributed by atoms with E-state index in [2.05, 4.69) is 10.3 Å². The smallest absolute Gasteiger partial charge is 0.289 e. The van der Waals surface area contributed by atoms with Crippen molar-refractivity contribution in [3.63, 3.8) is 0 Å². The molecule has 1 N–H and O–H groups in total. The summed E-state index contributed by atoms with van der Waals surface area (Å²) in [5.41, 5.74) is 1.27. The largest absolute Gasteiger partial charge is 0.457 e. The molecular weight excluding hydrogens is 422 g/mol. The first kappa shape index (κ1) is 18.8. The van der Waals surface area contributed by atoms with Crippen molar-refractivity contribution in [2.45, 2.75) is 0 Å². The molecule has 3 aromatic rings. The number of benzene rings is 2. The van der Waals surface area contributed by atoms with Crippen LogP contribution in [0.25, 0.3) is 17.4 Å². The Morgan fingerprint density at radius 1 is 1.04 bits per heavy atom. The fourth-order valence-electron chi connectivity index (χ4n) is 2.57. The number of furan rings is 1. The molecule has 1 saturated heterocycles. The third kappa shape index (κ3) is 4.30. The molecule has 1 aliphatic heterocycles. The Morgan fingerprint density at radius 2 is 1.75 bits per heavy atom. The highest BCUT2D eigenvalue weighted by Crippen LogP contribution is 2.32. The van der Waals surface area contributed by atoms with Gasteiger partial charge < -0.3 is 9.73 Å². The average molecular weight is 433 g/mol. The highest BCUT2D eigenvalue weighted by molar-refractivity contribution is 8.18. The minimum absolute atomic E-state index is 0.250. The molecule has 0 aliphatic carbocycles. The summed E-state index contributed by atoms with van der Waals surface area (Å²) >= 11 is 13.1. The lowest BCUT2D eigenvalue weighted by Crippen LogP contribution is -2.18. The molecule has 0 radical (unpaired) electrons. The number of carbonyl (C=O) groups excluding carboxylic acids is 1. The van der Waals surface area contributed by atoms with Crippen molar-refractivity contribution in [1.82, 2.24) is 5.32 Å². The summed E-state index contributed by atoms with van der Waals surface area (Å²) in [4.78, 5) is 16.8. The molecule has 0 bridgehead atoms. The van der Waals surface area contributed by atoms with E-state index in [1.165, 1.54) is 24.3 Å². The Labute approximate surface area is 174 Å². The second-order valence-electron chi connectivity index (χ2n) is 5.82. The summed E-state index contributed by atoms with van der Waals surface area (Å²) in [6.45, 7) is 0. The fraction of sp³-hybridized carbons (Fsp3) is 0. The van der Waals surface area contributed by atoms with Crippen LogP contribution in [0, 0.1) is 5.82 Å². The molecule has 4 rings (SSSR count). The zero-order valence-corrected chi connectivity index (χ0v) is 16.4. The van der Waals surface area contributed by atoms with E-state index in [0.717, 1.165) is 17.3 Å². The molecule has 0 spiro atoms. The predicted molar refractivity (Wildman–Crippen MR) is 112 cm³/mol. The van der Waals surface area contributed by atoms with Crippen LogP contribution in [-0.2, 0) is 0 Å². The Bertz CT molecular complexity index is 1100. The normalized spacial score (nSPS) is 16.8. The van der Waals surface area contributed by atoms with Gasteiger partial charge in [0.15, 0.2) is 0 Å². The Kier molecular flexibility index (Phi) is 5.26. The van der Waals surface area contributed by atoms with Gasteiger partial charge in [0.2, 0.25) is 0 Å². The summed E-state index contributed by atoms with van der Waals surface area (Å²) in [6, 6.07) is 14.4. The van der Waals surface area contributed by atoms with Gasteiger partial charge in [-0.1, -0.05) is 23.2 Å². The quantitative estimate of drug-likeness (QED) is 0.488. The van der Waals surface area contributed by atoms with E-state index >= 15 is 0 Å². The summed E-state index contributed by atoms with van der Waals surface area (Å²) in [5.74, 6) is 1.16. The highest BCUT2D eigenvalue weighted by Gasteiger charge is 2.24. The number of hydrogen-bond donors (Lipinski definition) is 1. The SMILES string of the molecule is O=C1NC(=Nc2ccc(F)cc2)/C(=C/c2ccc(-c3cc(Cl)cc(Cl)c3)o2)S1. The number of nitrogens with one attached hydrogen (secondary N) is 1. The van der Waals surface area contributed by atoms with E-state index in [-0.39, 0.29) is 11.1 Å². The molecule has 0 atom stereocenters. The van der Waals surface area contributed by atoms with Crippen molar-refractivity contribution < 1.29 is 13.6 Å². The number of aliphatic imine (C=N–C) groups is 1. The van der Waals surface area contributed by atoms with E-state index in [9.17, 15) is 9.18 Å². The molecule has 140 valence electrons. The lowest BCUT2D eigenvalue weighted by Gasteiger charge is -2.00. The Morgan fingerprint density at radius 3 is 2.46 bits per heavy atom. The average Bonchev–Trinajstić information content (AvgIpc) is 3.23. The molecule has 0 saturated carbocycles. The number of amidine groups is 1. The van der Waals surface area contributed by atoms with E-state index in [0.29, 0.717) is 38.0 Å². The zero-order valence-electron chi connectivity index (χ0n) is 14.1. The van der Waals surface area contributed by atoms with Crippen LogP contribution in [0.15, 0.2) is 68.9 Å². The van der Waals surface area contributed by atoms with E-state index in [4.69, 9.17) is 27.6 Å². The van der Waals surface area contributed by atoms with Crippen LogP contribution in [0.1, 0.15) is 5.76 Å². The summed E-state index contributed by atoms with van der Waals surface area (Å²) in [6.07, 6.45) is 1.71. The van der Waals surface area contributed by atoms with Crippen molar-refractivity contribution in [2.75, 3.05) is 0 Å². The maximum atomic E-state index is 13.1. The van der Waals surface area contributed by atoms with Gasteiger partial charge in [0.05, 0.1) is 10.6 Å². The van der Waals surface area contributed by atoms with Crippen LogP contribution < -0.4 is 5.32 Å².